The van der Waals surface area contributed by atoms with Crippen molar-refractivity contribution in [1.29, 1.82) is 0 Å². The molecule has 0 aromatic rings. The molecule has 0 saturated heterocycles. The molecule has 0 bridgehead atoms. The fraction of sp³-hybridized carbons (Fsp3) is 0.900. The first-order valence-electron chi connectivity index (χ1n) is 4.68. The predicted octanol–water partition coefficient (Wildman–Crippen LogP) is 2.42. The SMILES string of the molecule is CC[C@@H](OC(C)C)C(=O)C(C)C. The Bertz CT molecular complexity index is 139. The number of ether oxygens (including phenoxy) is 1. The van der Waals surface area contributed by atoms with Crippen LogP contribution in [0.3, 0.4) is 0 Å². The molecule has 2 heteroatoms. The molecule has 0 aromatic carbocycles. The topological polar surface area (TPSA) is 26.3 Å². The Kier molecular flexibility index (Phi) is 5.14. The van der Waals surface area contributed by atoms with E-state index in [1.807, 2.05) is 34.6 Å². The molecule has 0 fully saturated rings. The predicted molar refractivity (Wildman–Crippen MR) is 50.1 cm³/mol. The highest BCUT2D eigenvalue weighted by atomic mass is 16.5. The second-order valence-electron chi connectivity index (χ2n) is 3.64. The minimum atomic E-state index is -0.204. The highest BCUT2D eigenvalue weighted by Crippen LogP contribution is 2.09. The van der Waals surface area contributed by atoms with Crippen LogP contribution in [-0.2, 0) is 9.53 Å². The summed E-state index contributed by atoms with van der Waals surface area (Å²) in [7, 11) is 0. The van der Waals surface area contributed by atoms with Crippen molar-refractivity contribution >= 4 is 5.78 Å². The van der Waals surface area contributed by atoms with Crippen LogP contribution in [0.4, 0.5) is 0 Å². The van der Waals surface area contributed by atoms with Crippen LogP contribution in [0.25, 0.3) is 0 Å². The van der Waals surface area contributed by atoms with Gasteiger partial charge in [-0.25, -0.2) is 0 Å². The van der Waals surface area contributed by atoms with Crippen LogP contribution in [0.15, 0.2) is 0 Å². The average Bonchev–Trinajstić information content (AvgIpc) is 1.98. The summed E-state index contributed by atoms with van der Waals surface area (Å²) in [6.07, 6.45) is 0.706. The Morgan fingerprint density at radius 3 is 2.00 bits per heavy atom. The van der Waals surface area contributed by atoms with Gasteiger partial charge in [-0.3, -0.25) is 4.79 Å². The van der Waals surface area contributed by atoms with Crippen LogP contribution < -0.4 is 0 Å². The Hall–Kier alpha value is -0.370. The summed E-state index contributed by atoms with van der Waals surface area (Å²) in [6.45, 7) is 9.71. The molecule has 12 heavy (non-hydrogen) atoms. The first-order valence-corrected chi connectivity index (χ1v) is 4.68. The molecule has 0 radical (unpaired) electrons. The Labute approximate surface area is 75.3 Å². The maximum Gasteiger partial charge on any atom is 0.164 e. The summed E-state index contributed by atoms with van der Waals surface area (Å²) in [5.74, 6) is 0.292. The van der Waals surface area contributed by atoms with E-state index in [0.29, 0.717) is 0 Å². The van der Waals surface area contributed by atoms with Crippen molar-refractivity contribution in [3.63, 3.8) is 0 Å². The van der Waals surface area contributed by atoms with Crippen molar-refractivity contribution in [3.8, 4) is 0 Å². The van der Waals surface area contributed by atoms with Crippen LogP contribution in [0.5, 0.6) is 0 Å². The third-order valence-corrected chi connectivity index (χ3v) is 1.69. The molecule has 0 amide bonds. The third-order valence-electron chi connectivity index (χ3n) is 1.69. The molecular formula is C10H20O2. The van der Waals surface area contributed by atoms with Gasteiger partial charge in [-0.15, -0.1) is 0 Å². The fourth-order valence-corrected chi connectivity index (χ4v) is 1.06. The van der Waals surface area contributed by atoms with Crippen molar-refractivity contribution < 1.29 is 9.53 Å². The maximum atomic E-state index is 11.5. The van der Waals surface area contributed by atoms with Gasteiger partial charge in [0.1, 0.15) is 6.10 Å². The molecule has 1 atom stereocenters. The lowest BCUT2D eigenvalue weighted by molar-refractivity contribution is -0.136. The summed E-state index contributed by atoms with van der Waals surface area (Å²) < 4.78 is 5.47. The molecule has 72 valence electrons. The van der Waals surface area contributed by atoms with E-state index in [1.54, 1.807) is 0 Å². The van der Waals surface area contributed by atoms with E-state index in [0.717, 1.165) is 6.42 Å². The maximum absolute atomic E-state index is 11.5. The van der Waals surface area contributed by atoms with Gasteiger partial charge in [0.05, 0.1) is 6.10 Å². The largest absolute Gasteiger partial charge is 0.368 e. The van der Waals surface area contributed by atoms with Gasteiger partial charge >= 0.3 is 0 Å². The minimum absolute atomic E-state index is 0.0775. The normalized spacial score (nSPS) is 13.9. The number of hydrogen-bond donors (Lipinski definition) is 0. The molecule has 0 aliphatic heterocycles. The van der Waals surface area contributed by atoms with Gasteiger partial charge in [-0.2, -0.15) is 0 Å². The van der Waals surface area contributed by atoms with E-state index in [2.05, 4.69) is 0 Å². The number of hydrogen-bond acceptors (Lipinski definition) is 2. The molecule has 0 spiro atoms. The summed E-state index contributed by atoms with van der Waals surface area (Å²) in [6, 6.07) is 0. The second-order valence-corrected chi connectivity index (χ2v) is 3.64. The first-order chi connectivity index (χ1) is 5.49. The summed E-state index contributed by atoms with van der Waals surface area (Å²) in [5.41, 5.74) is 0. The van der Waals surface area contributed by atoms with Gasteiger partial charge < -0.3 is 4.74 Å². The Morgan fingerprint density at radius 2 is 1.75 bits per heavy atom. The number of rotatable bonds is 5. The van der Waals surface area contributed by atoms with Gasteiger partial charge in [0.2, 0.25) is 0 Å². The van der Waals surface area contributed by atoms with E-state index in [-0.39, 0.29) is 23.9 Å². The van der Waals surface area contributed by atoms with Crippen molar-refractivity contribution in [3.05, 3.63) is 0 Å². The van der Waals surface area contributed by atoms with Crippen LogP contribution in [-0.4, -0.2) is 18.0 Å². The van der Waals surface area contributed by atoms with Crippen LogP contribution >= 0.6 is 0 Å². The molecule has 0 heterocycles. The van der Waals surface area contributed by atoms with Crippen molar-refractivity contribution in [2.75, 3.05) is 0 Å². The van der Waals surface area contributed by atoms with Crippen molar-refractivity contribution in [1.82, 2.24) is 0 Å². The Morgan fingerprint density at radius 1 is 1.25 bits per heavy atom. The Balaban J connectivity index is 4.06. The van der Waals surface area contributed by atoms with E-state index in [4.69, 9.17) is 4.74 Å². The highest BCUT2D eigenvalue weighted by molar-refractivity contribution is 5.84. The first kappa shape index (κ1) is 11.6. The summed E-state index contributed by atoms with van der Waals surface area (Å²) in [5, 5.41) is 0. The smallest absolute Gasteiger partial charge is 0.164 e. The fourth-order valence-electron chi connectivity index (χ4n) is 1.06. The van der Waals surface area contributed by atoms with Crippen LogP contribution in [0.1, 0.15) is 41.0 Å². The van der Waals surface area contributed by atoms with E-state index in [9.17, 15) is 4.79 Å². The quantitative estimate of drug-likeness (QED) is 0.636. The molecule has 0 N–H and O–H groups in total. The number of carbonyl (C=O) groups is 1. The van der Waals surface area contributed by atoms with E-state index in [1.165, 1.54) is 0 Å². The zero-order valence-electron chi connectivity index (χ0n) is 8.76. The second kappa shape index (κ2) is 5.31. The lowest BCUT2D eigenvalue weighted by Crippen LogP contribution is -2.29. The highest BCUT2D eigenvalue weighted by Gasteiger charge is 2.20. The third kappa shape index (κ3) is 3.86. The number of Topliss-reactive ketones (excluding diaryl/α,β-unsaturated/α-hetero) is 1. The monoisotopic (exact) mass is 172 g/mol. The molecule has 0 aromatic heterocycles. The van der Waals surface area contributed by atoms with E-state index >= 15 is 0 Å². The van der Waals surface area contributed by atoms with Gasteiger partial charge in [0.15, 0.2) is 5.78 Å². The molecule has 0 saturated carbocycles. The standard InChI is InChI=1S/C10H20O2/c1-6-9(12-8(4)5)10(11)7(2)3/h7-9H,6H2,1-5H3/t9-/m1/s1. The molecule has 0 aliphatic rings. The lowest BCUT2D eigenvalue weighted by Gasteiger charge is -2.19. The molecule has 0 unspecified atom stereocenters. The van der Waals surface area contributed by atoms with Gasteiger partial charge in [0.25, 0.3) is 0 Å². The number of carbonyl (C=O) groups excluding carboxylic acids is 1. The zero-order chi connectivity index (χ0) is 9.72. The van der Waals surface area contributed by atoms with Crippen molar-refractivity contribution in [2.24, 2.45) is 5.92 Å². The van der Waals surface area contributed by atoms with Gasteiger partial charge in [-0.05, 0) is 20.3 Å². The molecule has 0 rings (SSSR count). The molecular weight excluding hydrogens is 152 g/mol. The number of ketones is 1. The molecule has 2 nitrogen and oxygen atoms in total. The van der Waals surface area contributed by atoms with Gasteiger partial charge in [0, 0.05) is 5.92 Å². The van der Waals surface area contributed by atoms with Crippen LogP contribution in [0.2, 0.25) is 0 Å². The summed E-state index contributed by atoms with van der Waals surface area (Å²) >= 11 is 0. The van der Waals surface area contributed by atoms with Crippen molar-refractivity contribution in [2.45, 2.75) is 53.2 Å². The average molecular weight is 172 g/mol. The minimum Gasteiger partial charge on any atom is -0.368 e. The van der Waals surface area contributed by atoms with Gasteiger partial charge in [-0.1, -0.05) is 20.8 Å². The van der Waals surface area contributed by atoms with E-state index < -0.39 is 0 Å². The molecule has 0 aliphatic carbocycles. The summed E-state index contributed by atoms with van der Waals surface area (Å²) in [4.78, 5) is 11.5. The van der Waals surface area contributed by atoms with Crippen LogP contribution in [0, 0.1) is 5.92 Å². The lowest BCUT2D eigenvalue weighted by atomic mass is 10.0. The zero-order valence-corrected chi connectivity index (χ0v) is 8.76.